The van der Waals surface area contributed by atoms with Gasteiger partial charge in [0.2, 0.25) is 10.0 Å². The summed E-state index contributed by atoms with van der Waals surface area (Å²) in [5.41, 5.74) is 10.3. The number of nitrogens with zero attached hydrogens (tertiary/aromatic N) is 5. The fraction of sp³-hybridized carbons (Fsp3) is 0.118. The predicted octanol–water partition coefficient (Wildman–Crippen LogP) is 5.23. The minimum absolute atomic E-state index is 0.0639. The van der Waals surface area contributed by atoms with Crippen molar-refractivity contribution in [2.45, 2.75) is 11.4 Å². The van der Waals surface area contributed by atoms with Gasteiger partial charge in [0.05, 0.1) is 22.8 Å². The fourth-order valence-electron chi connectivity index (χ4n) is 2.94. The molecule has 2 heterocycles. The molecule has 18 heteroatoms. The summed E-state index contributed by atoms with van der Waals surface area (Å²) in [4.78, 5) is 1.48. The molecule has 3 aromatic rings. The van der Waals surface area contributed by atoms with E-state index in [9.17, 15) is 33.1 Å². The van der Waals surface area contributed by atoms with E-state index in [0.29, 0.717) is 14.6 Å². The van der Waals surface area contributed by atoms with Gasteiger partial charge in [0.1, 0.15) is 28.2 Å². The number of rotatable bonds is 6. The molecule has 0 fully saturated rings. The van der Waals surface area contributed by atoms with Crippen LogP contribution in [0.1, 0.15) is 11.3 Å². The largest absolute Gasteiger partial charge is 0.384 e. The summed E-state index contributed by atoms with van der Waals surface area (Å²) in [5, 5.41) is 11.5. The summed E-state index contributed by atoms with van der Waals surface area (Å²) in [6.45, 7) is -0.388. The Morgan fingerprint density at radius 2 is 1.71 bits per heavy atom. The molecular weight excluding hydrogens is 564 g/mol. The van der Waals surface area contributed by atoms with Crippen molar-refractivity contribution in [1.29, 1.82) is 5.26 Å². The monoisotopic (exact) mass is 577 g/mol. The van der Waals surface area contributed by atoms with Gasteiger partial charge in [0, 0.05) is 6.20 Å². The van der Waals surface area contributed by atoms with Gasteiger partial charge >= 0.3 is 10.2 Å². The van der Waals surface area contributed by atoms with Crippen molar-refractivity contribution in [1.82, 2.24) is 14.8 Å². The average molecular weight is 578 g/mol. The number of halogens is 7. The van der Waals surface area contributed by atoms with Gasteiger partial charge in [0.25, 0.3) is 0 Å². The molecule has 0 aliphatic rings. The highest BCUT2D eigenvalue weighted by atomic mass is 35.5. The first kappa shape index (κ1) is 26.6. The van der Waals surface area contributed by atoms with Crippen LogP contribution in [0, 0.1) is 11.3 Å². The third-order valence-electron chi connectivity index (χ3n) is 4.47. The lowest BCUT2D eigenvalue weighted by Gasteiger charge is -2.40. The number of anilines is 3. The number of nitrogens with two attached hydrogens (primary N) is 2. The molecule has 0 spiro atoms. The molecule has 0 atom stereocenters. The summed E-state index contributed by atoms with van der Waals surface area (Å²) in [7, 11) is -14.3. The standard InChI is InChI=1S/C17H14Cl2F5N7O2S2/c1-34(32,33)30(8-9-2-3-14(26)28-7-9)16-13(6-25)29-31(17(16)27)15-11(18)4-10(5-12(15)19)35(20,21,22,23)24/h2-5,7H,8,27H2,1H3,(H2,26,28). The van der Waals surface area contributed by atoms with Crippen LogP contribution in [-0.2, 0) is 16.6 Å². The Hall–Kier alpha value is -3.00. The van der Waals surface area contributed by atoms with Crippen LogP contribution in [0.5, 0.6) is 0 Å². The molecule has 0 amide bonds. The van der Waals surface area contributed by atoms with Crippen LogP contribution in [0.3, 0.4) is 0 Å². The first-order valence-electron chi connectivity index (χ1n) is 8.93. The molecule has 0 radical (unpaired) electrons. The van der Waals surface area contributed by atoms with E-state index in [1.54, 1.807) is 6.07 Å². The molecule has 35 heavy (non-hydrogen) atoms. The van der Waals surface area contributed by atoms with Crippen molar-refractivity contribution in [3.63, 3.8) is 0 Å². The molecule has 0 bridgehead atoms. The lowest BCUT2D eigenvalue weighted by molar-refractivity contribution is 0.364. The highest BCUT2D eigenvalue weighted by Crippen LogP contribution is 3.02. The lowest BCUT2D eigenvalue weighted by atomic mass is 10.2. The number of sulfonamides is 1. The van der Waals surface area contributed by atoms with E-state index in [1.807, 2.05) is 0 Å². The highest BCUT2D eigenvalue weighted by molar-refractivity contribution is 8.45. The van der Waals surface area contributed by atoms with Crippen molar-refractivity contribution in [2.24, 2.45) is 0 Å². The Morgan fingerprint density at radius 3 is 2.14 bits per heavy atom. The number of hydrogen-bond donors (Lipinski definition) is 2. The summed E-state index contributed by atoms with van der Waals surface area (Å²) < 4.78 is 92.5. The Balaban J connectivity index is 2.24. The second-order valence-corrected chi connectivity index (χ2v) is 12.3. The Labute approximate surface area is 205 Å². The van der Waals surface area contributed by atoms with Crippen molar-refractivity contribution < 1.29 is 27.8 Å². The zero-order valence-electron chi connectivity index (χ0n) is 17.3. The Morgan fingerprint density at radius 1 is 1.14 bits per heavy atom. The highest BCUT2D eigenvalue weighted by Gasteiger charge is 2.65. The summed E-state index contributed by atoms with van der Waals surface area (Å²) in [6, 6.07) is 4.35. The second-order valence-electron chi connectivity index (χ2n) is 7.17. The SMILES string of the molecule is CS(=O)(=O)N(Cc1ccc(N)nc1)c1c(C#N)nn(-c2c(Cl)cc(S(F)(F)(F)(F)F)cc2Cl)c1N. The maximum absolute atomic E-state index is 13.2. The maximum Gasteiger partial charge on any atom is 0.310 e. The number of benzene rings is 1. The van der Waals surface area contributed by atoms with E-state index in [-0.39, 0.29) is 24.5 Å². The van der Waals surface area contributed by atoms with Crippen LogP contribution < -0.4 is 15.8 Å². The molecule has 3 rings (SSSR count). The molecule has 190 valence electrons. The van der Waals surface area contributed by atoms with Gasteiger partial charge in [-0.1, -0.05) is 48.7 Å². The topological polar surface area (TPSA) is 144 Å². The zero-order valence-corrected chi connectivity index (χ0v) is 20.4. The van der Waals surface area contributed by atoms with Crippen LogP contribution in [0.25, 0.3) is 5.69 Å². The van der Waals surface area contributed by atoms with Gasteiger partial charge in [0.15, 0.2) is 11.5 Å². The molecular formula is C17H14Cl2F5N7O2S2. The van der Waals surface area contributed by atoms with Crippen LogP contribution in [-0.4, -0.2) is 29.4 Å². The normalized spacial score (nSPS) is 14.1. The first-order valence-corrected chi connectivity index (χ1v) is 13.5. The zero-order chi connectivity index (χ0) is 26.6. The number of hydrogen-bond acceptors (Lipinski definition) is 7. The van der Waals surface area contributed by atoms with E-state index in [4.69, 9.17) is 34.7 Å². The molecule has 4 N–H and O–H groups in total. The van der Waals surface area contributed by atoms with Crippen molar-refractivity contribution in [3.8, 4) is 11.8 Å². The smallest absolute Gasteiger partial charge is 0.310 e. The van der Waals surface area contributed by atoms with Gasteiger partial charge in [-0.3, -0.25) is 4.31 Å². The van der Waals surface area contributed by atoms with Crippen LogP contribution >= 0.6 is 33.4 Å². The van der Waals surface area contributed by atoms with Crippen LogP contribution in [0.4, 0.5) is 36.8 Å². The molecule has 1 aromatic carbocycles. The molecule has 9 nitrogen and oxygen atoms in total. The van der Waals surface area contributed by atoms with Gasteiger partial charge in [-0.05, 0) is 23.8 Å². The fourth-order valence-corrected chi connectivity index (χ4v) is 5.29. The summed E-state index contributed by atoms with van der Waals surface area (Å²) in [6.07, 6.45) is 2.08. The van der Waals surface area contributed by atoms with E-state index in [2.05, 4.69) is 10.1 Å². The summed E-state index contributed by atoms with van der Waals surface area (Å²) in [5.74, 6) is -0.414. The van der Waals surface area contributed by atoms with Crippen molar-refractivity contribution >= 4 is 60.8 Å². The van der Waals surface area contributed by atoms with E-state index in [0.717, 1.165) is 6.26 Å². The third kappa shape index (κ3) is 5.48. The van der Waals surface area contributed by atoms with Crippen molar-refractivity contribution in [2.75, 3.05) is 22.0 Å². The molecule has 0 aliphatic heterocycles. The maximum atomic E-state index is 13.2. The quantitative estimate of drug-likeness (QED) is 0.381. The molecule has 0 saturated carbocycles. The van der Waals surface area contributed by atoms with Gasteiger partial charge in [-0.2, -0.15) is 10.4 Å². The van der Waals surface area contributed by atoms with Crippen molar-refractivity contribution in [3.05, 3.63) is 51.8 Å². The molecule has 2 aromatic heterocycles. The molecule has 0 aliphatic carbocycles. The number of pyridine rings is 1. The van der Waals surface area contributed by atoms with Gasteiger partial charge in [-0.25, -0.2) is 18.1 Å². The van der Waals surface area contributed by atoms with Crippen LogP contribution in [0.15, 0.2) is 35.4 Å². The predicted molar refractivity (Wildman–Crippen MR) is 124 cm³/mol. The Bertz CT molecular complexity index is 1470. The average Bonchev–Trinajstić information content (AvgIpc) is 3.00. The van der Waals surface area contributed by atoms with Crippen LogP contribution in [0.2, 0.25) is 10.0 Å². The lowest BCUT2D eigenvalue weighted by Crippen LogP contribution is -2.30. The second kappa shape index (κ2) is 7.75. The molecule has 0 saturated heterocycles. The first-order chi connectivity index (χ1) is 15.7. The molecule has 0 unspecified atom stereocenters. The summed E-state index contributed by atoms with van der Waals surface area (Å²) >= 11 is 11.7. The number of nitriles is 1. The minimum atomic E-state index is -10.1. The van der Waals surface area contributed by atoms with E-state index in [1.165, 1.54) is 18.3 Å². The van der Waals surface area contributed by atoms with Gasteiger partial charge < -0.3 is 11.5 Å². The third-order valence-corrected chi connectivity index (χ3v) is 7.29. The van der Waals surface area contributed by atoms with Gasteiger partial charge in [-0.15, -0.1) is 0 Å². The Kier molecular flexibility index (Phi) is 5.89. The van der Waals surface area contributed by atoms with E-state index >= 15 is 0 Å². The van der Waals surface area contributed by atoms with E-state index < -0.39 is 58.1 Å². The number of aromatic nitrogens is 3. The minimum Gasteiger partial charge on any atom is -0.384 e. The number of nitrogen functional groups attached to an aromatic ring is 2.